The Balaban J connectivity index is 1.91. The van der Waals surface area contributed by atoms with Crippen LogP contribution < -0.4 is 0 Å². The summed E-state index contributed by atoms with van der Waals surface area (Å²) in [6.07, 6.45) is 9.95. The van der Waals surface area contributed by atoms with Gasteiger partial charge in [-0.3, -0.25) is 0 Å². The van der Waals surface area contributed by atoms with Gasteiger partial charge in [0.05, 0.1) is 13.2 Å². The number of ether oxygens (including phenoxy) is 2. The van der Waals surface area contributed by atoms with Crippen LogP contribution in [0.25, 0.3) is 0 Å². The number of esters is 2. The summed E-state index contributed by atoms with van der Waals surface area (Å²) in [5.41, 5.74) is 0.847. The third-order valence-corrected chi connectivity index (χ3v) is 6.60. The molecule has 2 rings (SSSR count). The molecule has 3 atom stereocenters. The maximum absolute atomic E-state index is 11.9. The van der Waals surface area contributed by atoms with Gasteiger partial charge in [0, 0.05) is 11.1 Å². The van der Waals surface area contributed by atoms with Crippen molar-refractivity contribution in [2.75, 3.05) is 13.2 Å². The van der Waals surface area contributed by atoms with Crippen molar-refractivity contribution in [3.63, 3.8) is 0 Å². The molecule has 0 N–H and O–H groups in total. The van der Waals surface area contributed by atoms with E-state index in [-0.39, 0.29) is 23.8 Å². The van der Waals surface area contributed by atoms with Crippen molar-refractivity contribution in [3.05, 3.63) is 24.3 Å². The Morgan fingerprint density at radius 2 is 1.29 bits per heavy atom. The molecule has 0 amide bonds. The zero-order valence-electron chi connectivity index (χ0n) is 18.0. The Morgan fingerprint density at radius 1 is 0.786 bits per heavy atom. The molecule has 0 spiro atoms. The highest BCUT2D eigenvalue weighted by Crippen LogP contribution is 2.41. The van der Waals surface area contributed by atoms with Gasteiger partial charge in [-0.2, -0.15) is 0 Å². The number of hydrogen-bond acceptors (Lipinski definition) is 4. The van der Waals surface area contributed by atoms with Gasteiger partial charge in [0.2, 0.25) is 0 Å². The number of hydrogen-bond donors (Lipinski definition) is 0. The lowest BCUT2D eigenvalue weighted by Gasteiger charge is -2.38. The zero-order chi connectivity index (χ0) is 20.7. The van der Waals surface area contributed by atoms with Crippen molar-refractivity contribution in [1.29, 1.82) is 0 Å². The molecule has 0 heterocycles. The normalized spacial score (nSPS) is 30.3. The largest absolute Gasteiger partial charge is 0.462 e. The van der Waals surface area contributed by atoms with E-state index in [4.69, 9.17) is 9.47 Å². The summed E-state index contributed by atoms with van der Waals surface area (Å²) >= 11 is 0. The standard InChI is InChI=1S/C24H38O4/c1-16(2)23(25)27-14-21-11-10-20(12-19-8-6-18(5)7-9-19)13-22(21)15-28-24(26)17(3)4/h18-22H,1,3,6-15H2,2,4-5H3. The van der Waals surface area contributed by atoms with Gasteiger partial charge < -0.3 is 9.47 Å². The van der Waals surface area contributed by atoms with E-state index in [0.717, 1.165) is 24.7 Å². The summed E-state index contributed by atoms with van der Waals surface area (Å²) in [5.74, 6) is 2.21. The van der Waals surface area contributed by atoms with Crippen LogP contribution in [-0.4, -0.2) is 25.2 Å². The molecule has 0 radical (unpaired) electrons. The maximum Gasteiger partial charge on any atom is 0.333 e. The molecule has 4 nitrogen and oxygen atoms in total. The molecule has 0 aromatic heterocycles. The smallest absolute Gasteiger partial charge is 0.333 e. The number of carbonyl (C=O) groups excluding carboxylic acids is 2. The minimum Gasteiger partial charge on any atom is -0.462 e. The van der Waals surface area contributed by atoms with Crippen LogP contribution in [-0.2, 0) is 19.1 Å². The van der Waals surface area contributed by atoms with Crippen LogP contribution in [0.3, 0.4) is 0 Å². The first-order valence-corrected chi connectivity index (χ1v) is 10.9. The van der Waals surface area contributed by atoms with Gasteiger partial charge in [-0.1, -0.05) is 52.2 Å². The summed E-state index contributed by atoms with van der Waals surface area (Å²) in [4.78, 5) is 23.6. The van der Waals surface area contributed by atoms with Crippen molar-refractivity contribution >= 4 is 11.9 Å². The summed E-state index contributed by atoms with van der Waals surface area (Å²) in [5, 5.41) is 0. The highest BCUT2D eigenvalue weighted by Gasteiger charge is 2.34. The van der Waals surface area contributed by atoms with E-state index < -0.39 is 0 Å². The van der Waals surface area contributed by atoms with Crippen LogP contribution in [0, 0.1) is 29.6 Å². The first kappa shape index (κ1) is 22.7. The SMILES string of the molecule is C=C(C)C(=O)OCC1CCC(CC2CCC(C)CC2)CC1COC(=O)C(=C)C. The molecular formula is C24H38O4. The average Bonchev–Trinajstić information content (AvgIpc) is 2.66. The summed E-state index contributed by atoms with van der Waals surface area (Å²) in [6, 6.07) is 0. The fourth-order valence-electron chi connectivity index (χ4n) is 4.71. The molecule has 2 aliphatic carbocycles. The molecule has 2 fully saturated rings. The van der Waals surface area contributed by atoms with Crippen molar-refractivity contribution in [1.82, 2.24) is 0 Å². The zero-order valence-corrected chi connectivity index (χ0v) is 18.0. The van der Waals surface area contributed by atoms with E-state index in [1.165, 1.54) is 38.5 Å². The second kappa shape index (κ2) is 10.8. The Hall–Kier alpha value is -1.58. The molecule has 158 valence electrons. The van der Waals surface area contributed by atoms with Gasteiger partial charge in [0.1, 0.15) is 0 Å². The predicted octanol–water partition coefficient (Wildman–Crippen LogP) is 5.47. The number of rotatable bonds is 8. The summed E-state index contributed by atoms with van der Waals surface area (Å²) in [7, 11) is 0. The second-order valence-electron chi connectivity index (χ2n) is 9.32. The van der Waals surface area contributed by atoms with E-state index in [0.29, 0.717) is 30.3 Å². The Kier molecular flexibility index (Phi) is 8.78. The van der Waals surface area contributed by atoms with E-state index in [9.17, 15) is 9.59 Å². The molecule has 0 saturated heterocycles. The molecule has 0 aliphatic heterocycles. The quantitative estimate of drug-likeness (QED) is 0.407. The van der Waals surface area contributed by atoms with Gasteiger partial charge in [-0.25, -0.2) is 9.59 Å². The van der Waals surface area contributed by atoms with Crippen LogP contribution >= 0.6 is 0 Å². The lowest BCUT2D eigenvalue weighted by atomic mass is 9.70. The highest BCUT2D eigenvalue weighted by molar-refractivity contribution is 5.87. The molecule has 0 bridgehead atoms. The molecule has 0 aromatic rings. The first-order valence-electron chi connectivity index (χ1n) is 10.9. The van der Waals surface area contributed by atoms with Crippen molar-refractivity contribution in [3.8, 4) is 0 Å². The van der Waals surface area contributed by atoms with Crippen molar-refractivity contribution in [2.24, 2.45) is 29.6 Å². The second-order valence-corrected chi connectivity index (χ2v) is 9.32. The van der Waals surface area contributed by atoms with Crippen LogP contribution in [0.5, 0.6) is 0 Å². The molecule has 28 heavy (non-hydrogen) atoms. The molecule has 2 saturated carbocycles. The van der Waals surface area contributed by atoms with Gasteiger partial charge in [0.15, 0.2) is 0 Å². The average molecular weight is 391 g/mol. The molecule has 0 aromatic carbocycles. The topological polar surface area (TPSA) is 52.6 Å². The molecular weight excluding hydrogens is 352 g/mol. The van der Waals surface area contributed by atoms with Gasteiger partial charge >= 0.3 is 11.9 Å². The fourth-order valence-corrected chi connectivity index (χ4v) is 4.71. The van der Waals surface area contributed by atoms with Gasteiger partial charge in [0.25, 0.3) is 0 Å². The Labute approximate surface area is 170 Å². The third kappa shape index (κ3) is 7.10. The van der Waals surface area contributed by atoms with E-state index >= 15 is 0 Å². The highest BCUT2D eigenvalue weighted by atomic mass is 16.5. The third-order valence-electron chi connectivity index (χ3n) is 6.60. The number of carbonyl (C=O) groups is 2. The maximum atomic E-state index is 11.9. The van der Waals surface area contributed by atoms with Crippen LogP contribution in [0.2, 0.25) is 0 Å². The Bertz CT molecular complexity index is 571. The first-order chi connectivity index (χ1) is 13.3. The summed E-state index contributed by atoms with van der Waals surface area (Å²) < 4.78 is 10.9. The van der Waals surface area contributed by atoms with Crippen molar-refractivity contribution in [2.45, 2.75) is 72.1 Å². The van der Waals surface area contributed by atoms with Gasteiger partial charge in [-0.15, -0.1) is 0 Å². The van der Waals surface area contributed by atoms with Crippen molar-refractivity contribution < 1.29 is 19.1 Å². The molecule has 3 unspecified atom stereocenters. The van der Waals surface area contributed by atoms with Gasteiger partial charge in [-0.05, 0) is 62.7 Å². The molecule has 4 heteroatoms. The lowest BCUT2D eigenvalue weighted by molar-refractivity contribution is -0.146. The minimum absolute atomic E-state index is 0.238. The predicted molar refractivity (Wildman–Crippen MR) is 112 cm³/mol. The van der Waals surface area contributed by atoms with E-state index in [2.05, 4.69) is 20.1 Å². The monoisotopic (exact) mass is 390 g/mol. The van der Waals surface area contributed by atoms with Crippen LogP contribution in [0.1, 0.15) is 72.1 Å². The minimum atomic E-state index is -0.337. The fraction of sp³-hybridized carbons (Fsp3) is 0.750. The molecule has 2 aliphatic rings. The van der Waals surface area contributed by atoms with Crippen LogP contribution in [0.15, 0.2) is 24.3 Å². The van der Waals surface area contributed by atoms with E-state index in [1.54, 1.807) is 13.8 Å². The van der Waals surface area contributed by atoms with Crippen LogP contribution in [0.4, 0.5) is 0 Å². The van der Waals surface area contributed by atoms with E-state index in [1.807, 2.05) is 0 Å². The Morgan fingerprint density at radius 3 is 1.82 bits per heavy atom. The lowest BCUT2D eigenvalue weighted by Crippen LogP contribution is -2.33. The summed E-state index contributed by atoms with van der Waals surface area (Å²) in [6.45, 7) is 13.8.